The van der Waals surface area contributed by atoms with Gasteiger partial charge >= 0.3 is 0 Å². The largest absolute Gasteiger partial charge is 0.399 e. The molecule has 328 valence electrons. The van der Waals surface area contributed by atoms with Crippen molar-refractivity contribution in [1.29, 1.82) is 10.5 Å². The van der Waals surface area contributed by atoms with Crippen molar-refractivity contribution < 1.29 is 23.6 Å². The van der Waals surface area contributed by atoms with Gasteiger partial charge in [0.25, 0.3) is 0 Å². The standard InChI is InChI=1S/C25H27N9O3.C19H15N7O2/c26-12-4-3-5-18(28)25(36)30-17-10-8-16(9-11-17)21(35)15-34-20-7-2-1-6-19(20)31-24(34)22-23(29-14-13-27)33-37-32-22;20-9-10-22-18-17(24-28-25-18)19-23-14-3-1-2-4-15(14)26(19)11-16(27)12-5-7-13(21)8-6-12/h1-2,6-11,18H,3-5,12,14-15,26,28H2,(H,29,33)(H,30,36);1-8H,10-11,21H2,(H,22,25)/t18-;/m0./s1. The Morgan fingerprint density at radius 2 is 1.14 bits per heavy atom. The number of rotatable bonds is 18. The molecule has 65 heavy (non-hydrogen) atoms. The second-order valence-corrected chi connectivity index (χ2v) is 14.4. The number of hydrogen-bond donors (Lipinski definition) is 6. The predicted octanol–water partition coefficient (Wildman–Crippen LogP) is 4.79. The van der Waals surface area contributed by atoms with Gasteiger partial charge in [-0.15, -0.1) is 0 Å². The third-order valence-corrected chi connectivity index (χ3v) is 10.00. The van der Waals surface area contributed by atoms with Crippen LogP contribution in [-0.2, 0) is 17.9 Å². The molecule has 0 saturated heterocycles. The summed E-state index contributed by atoms with van der Waals surface area (Å²) in [7, 11) is 0. The number of nitrogens with one attached hydrogen (secondary N) is 3. The first-order chi connectivity index (χ1) is 31.7. The van der Waals surface area contributed by atoms with Gasteiger partial charge in [0.2, 0.25) is 17.5 Å². The Morgan fingerprint density at radius 3 is 1.62 bits per heavy atom. The van der Waals surface area contributed by atoms with Crippen LogP contribution < -0.4 is 33.2 Å². The number of carbonyl (C=O) groups excluding carboxylic acids is 3. The van der Waals surface area contributed by atoms with E-state index >= 15 is 0 Å². The first-order valence-corrected chi connectivity index (χ1v) is 20.3. The molecule has 0 fully saturated rings. The molecule has 0 saturated carbocycles. The number of Topliss-reactive ketones (excluding diaryl/α,β-unsaturated/α-hetero) is 2. The minimum atomic E-state index is -0.626. The van der Waals surface area contributed by atoms with Crippen molar-refractivity contribution in [3.63, 3.8) is 0 Å². The molecule has 0 radical (unpaired) electrons. The zero-order valence-electron chi connectivity index (χ0n) is 34.7. The fourth-order valence-electron chi connectivity index (χ4n) is 6.73. The molecule has 1 atom stereocenters. The molecular weight excluding hydrogens is 833 g/mol. The molecule has 0 aliphatic heterocycles. The zero-order valence-corrected chi connectivity index (χ0v) is 34.7. The Labute approximate surface area is 370 Å². The summed E-state index contributed by atoms with van der Waals surface area (Å²) in [4.78, 5) is 47.6. The Bertz CT molecular complexity index is 3010. The Kier molecular flexibility index (Phi) is 14.2. The predicted molar refractivity (Wildman–Crippen MR) is 240 cm³/mol. The van der Waals surface area contributed by atoms with Crippen molar-refractivity contribution in [3.8, 4) is 35.2 Å². The lowest BCUT2D eigenvalue weighted by atomic mass is 10.1. The van der Waals surface area contributed by atoms with E-state index in [9.17, 15) is 14.4 Å². The Morgan fingerprint density at radius 1 is 0.662 bits per heavy atom. The number of nitrogen functional groups attached to an aromatic ring is 1. The van der Waals surface area contributed by atoms with Crippen LogP contribution in [0.1, 0.15) is 40.0 Å². The highest BCUT2D eigenvalue weighted by Crippen LogP contribution is 2.30. The zero-order chi connectivity index (χ0) is 45.7. The van der Waals surface area contributed by atoms with Gasteiger partial charge < -0.3 is 42.3 Å². The molecule has 21 heteroatoms. The number of carbonyl (C=O) groups is 3. The van der Waals surface area contributed by atoms with E-state index in [1.807, 2.05) is 60.7 Å². The van der Waals surface area contributed by atoms with Gasteiger partial charge in [-0.1, -0.05) is 30.7 Å². The fourth-order valence-corrected chi connectivity index (χ4v) is 6.73. The van der Waals surface area contributed by atoms with Gasteiger partial charge in [0, 0.05) is 22.5 Å². The highest BCUT2D eigenvalue weighted by atomic mass is 16.6. The van der Waals surface area contributed by atoms with E-state index in [-0.39, 0.29) is 55.3 Å². The number of ketones is 2. The van der Waals surface area contributed by atoms with Crippen LogP contribution in [0.2, 0.25) is 0 Å². The van der Waals surface area contributed by atoms with Crippen molar-refractivity contribution in [3.05, 3.63) is 108 Å². The van der Waals surface area contributed by atoms with Gasteiger partial charge in [0.1, 0.15) is 13.1 Å². The first-order valence-electron chi connectivity index (χ1n) is 20.3. The highest BCUT2D eigenvalue weighted by molar-refractivity contribution is 5.99. The van der Waals surface area contributed by atoms with Gasteiger partial charge in [0.15, 0.2) is 34.6 Å². The highest BCUT2D eigenvalue weighted by Gasteiger charge is 2.24. The van der Waals surface area contributed by atoms with E-state index in [1.165, 1.54) is 0 Å². The fraction of sp³-hybridized carbons (Fsp3) is 0.205. The SMILES string of the molecule is N#CCNc1nonc1-c1nc2ccccc2n1CC(=O)c1ccc(N)cc1.N#CCNc1nonc1-c1nc2ccccc2n1CC(=O)c1ccc(NC(=O)[C@@H](N)CCCCN)cc1. The summed E-state index contributed by atoms with van der Waals surface area (Å²) in [5.74, 6) is 0.782. The molecule has 1 amide bonds. The molecule has 4 heterocycles. The van der Waals surface area contributed by atoms with Crippen molar-refractivity contribution in [2.75, 3.05) is 41.3 Å². The van der Waals surface area contributed by atoms with Crippen LogP contribution in [0.3, 0.4) is 0 Å². The molecule has 0 aliphatic carbocycles. The van der Waals surface area contributed by atoms with Gasteiger partial charge in [-0.25, -0.2) is 19.2 Å². The smallest absolute Gasteiger partial charge is 0.241 e. The van der Waals surface area contributed by atoms with E-state index in [1.54, 1.807) is 57.7 Å². The molecule has 4 aromatic carbocycles. The average molecular weight is 875 g/mol. The van der Waals surface area contributed by atoms with Crippen LogP contribution in [0.25, 0.3) is 45.1 Å². The number of benzene rings is 4. The number of nitriles is 2. The van der Waals surface area contributed by atoms with Crippen LogP contribution in [0.4, 0.5) is 23.0 Å². The quantitative estimate of drug-likeness (QED) is 0.0292. The average Bonchev–Trinajstić information content (AvgIpc) is 4.14. The molecule has 0 unspecified atom stereocenters. The number of fused-ring (bicyclic) bond motifs is 2. The molecule has 0 spiro atoms. The van der Waals surface area contributed by atoms with Crippen LogP contribution >= 0.6 is 0 Å². The summed E-state index contributed by atoms with van der Waals surface area (Å²) < 4.78 is 13.2. The van der Waals surface area contributed by atoms with Gasteiger partial charge in [0.05, 0.1) is 53.3 Å². The Balaban J connectivity index is 0.000000201. The van der Waals surface area contributed by atoms with E-state index < -0.39 is 6.04 Å². The summed E-state index contributed by atoms with van der Waals surface area (Å²) in [6.45, 7) is 0.616. The second-order valence-electron chi connectivity index (χ2n) is 14.4. The van der Waals surface area contributed by atoms with E-state index in [4.69, 9.17) is 37.0 Å². The maximum atomic E-state index is 13.2. The summed E-state index contributed by atoms with van der Waals surface area (Å²) in [6.07, 6.45) is 2.15. The number of unbranched alkanes of at least 4 members (excludes halogenated alkanes) is 1. The molecular formula is C44H42N16O5. The number of hydrogen-bond acceptors (Lipinski definition) is 18. The Hall–Kier alpha value is -8.79. The molecule has 0 aliphatic rings. The summed E-state index contributed by atoms with van der Waals surface area (Å²) in [5, 5.41) is 41.6. The number of nitrogens with zero attached hydrogens (tertiary/aromatic N) is 10. The van der Waals surface area contributed by atoms with Crippen LogP contribution in [-0.4, -0.2) is 82.9 Å². The maximum absolute atomic E-state index is 13.2. The minimum Gasteiger partial charge on any atom is -0.399 e. The lowest BCUT2D eigenvalue weighted by Gasteiger charge is -2.12. The molecule has 9 N–H and O–H groups in total. The number of aromatic nitrogens is 8. The van der Waals surface area contributed by atoms with E-state index in [0.717, 1.165) is 23.9 Å². The number of amides is 1. The monoisotopic (exact) mass is 874 g/mol. The first kappa shape index (κ1) is 44.3. The number of anilines is 4. The van der Waals surface area contributed by atoms with Crippen LogP contribution in [0.15, 0.2) is 106 Å². The maximum Gasteiger partial charge on any atom is 0.241 e. The van der Waals surface area contributed by atoms with Gasteiger partial charge in [-0.05, 0) is 113 Å². The van der Waals surface area contributed by atoms with Crippen molar-refractivity contribution in [2.24, 2.45) is 11.5 Å². The summed E-state index contributed by atoms with van der Waals surface area (Å²) in [5.41, 5.74) is 22.8. The second kappa shape index (κ2) is 20.9. The molecule has 21 nitrogen and oxygen atoms in total. The number of para-hydroxylation sites is 4. The van der Waals surface area contributed by atoms with Gasteiger partial charge in [-0.2, -0.15) is 10.5 Å². The van der Waals surface area contributed by atoms with Crippen LogP contribution in [0.5, 0.6) is 0 Å². The lowest BCUT2D eigenvalue weighted by molar-refractivity contribution is -0.117. The number of nitrogens with two attached hydrogens (primary N) is 3. The lowest BCUT2D eigenvalue weighted by Crippen LogP contribution is -2.35. The molecule has 4 aromatic heterocycles. The van der Waals surface area contributed by atoms with E-state index in [0.29, 0.717) is 69.5 Å². The van der Waals surface area contributed by atoms with Crippen molar-refractivity contribution in [2.45, 2.75) is 38.4 Å². The summed E-state index contributed by atoms with van der Waals surface area (Å²) >= 11 is 0. The minimum absolute atomic E-state index is 0.00185. The topological polar surface area (TPSA) is 326 Å². The molecule has 8 rings (SSSR count). The third-order valence-electron chi connectivity index (χ3n) is 10.00. The normalized spacial score (nSPS) is 11.3. The molecule has 8 aromatic rings. The third kappa shape index (κ3) is 10.5. The number of imidazole rings is 2. The molecule has 0 bridgehead atoms. The van der Waals surface area contributed by atoms with Gasteiger partial charge in [-0.3, -0.25) is 14.4 Å². The van der Waals surface area contributed by atoms with Crippen molar-refractivity contribution >= 4 is 62.6 Å². The van der Waals surface area contributed by atoms with Crippen LogP contribution in [0, 0.1) is 22.7 Å². The summed E-state index contributed by atoms with van der Waals surface area (Å²) in [6, 6.07) is 31.5. The van der Waals surface area contributed by atoms with E-state index in [2.05, 4.69) is 46.5 Å². The van der Waals surface area contributed by atoms with Crippen molar-refractivity contribution in [1.82, 2.24) is 39.7 Å².